The first-order chi connectivity index (χ1) is 11.1. The van der Waals surface area contributed by atoms with Crippen LogP contribution in [-0.4, -0.2) is 86.9 Å². The van der Waals surface area contributed by atoms with Crippen LogP contribution in [0.3, 0.4) is 0 Å². The Labute approximate surface area is 141 Å². The Morgan fingerprint density at radius 3 is 2.57 bits per heavy atom. The van der Waals surface area contributed by atoms with Crippen LogP contribution in [0.5, 0.6) is 0 Å². The minimum Gasteiger partial charge on any atom is -0.373 e. The Bertz CT molecular complexity index is 373. The summed E-state index contributed by atoms with van der Waals surface area (Å²) in [4.78, 5) is 9.41. The lowest BCUT2D eigenvalue weighted by molar-refractivity contribution is 0.0242. The largest absolute Gasteiger partial charge is 0.373 e. The van der Waals surface area contributed by atoms with Gasteiger partial charge in [0.25, 0.3) is 0 Å². The highest BCUT2D eigenvalue weighted by Gasteiger charge is 2.29. The molecule has 0 radical (unpaired) electrons. The van der Waals surface area contributed by atoms with Gasteiger partial charge in [-0.15, -0.1) is 0 Å². The highest BCUT2D eigenvalue weighted by atomic mass is 16.5. The average molecular weight is 326 g/mol. The van der Waals surface area contributed by atoms with Crippen molar-refractivity contribution in [2.24, 2.45) is 4.99 Å². The quantitative estimate of drug-likeness (QED) is 0.557. The highest BCUT2D eigenvalue weighted by molar-refractivity contribution is 5.79. The molecule has 0 aromatic carbocycles. The van der Waals surface area contributed by atoms with Gasteiger partial charge in [0.1, 0.15) is 0 Å². The lowest BCUT2D eigenvalue weighted by atomic mass is 10.0. The molecule has 0 aliphatic carbocycles. The first kappa shape index (κ1) is 18.5. The van der Waals surface area contributed by atoms with Crippen molar-refractivity contribution >= 4 is 5.96 Å². The van der Waals surface area contributed by atoms with E-state index in [9.17, 15) is 0 Å². The van der Waals surface area contributed by atoms with E-state index in [1.807, 2.05) is 7.05 Å². The number of hydrogen-bond acceptors (Lipinski definition) is 4. The summed E-state index contributed by atoms with van der Waals surface area (Å²) >= 11 is 0. The first-order valence-corrected chi connectivity index (χ1v) is 9.11. The van der Waals surface area contributed by atoms with Gasteiger partial charge in [0.2, 0.25) is 0 Å². The van der Waals surface area contributed by atoms with Crippen LogP contribution in [0.1, 0.15) is 33.6 Å². The van der Waals surface area contributed by atoms with Gasteiger partial charge in [-0.05, 0) is 33.2 Å². The van der Waals surface area contributed by atoms with Crippen LogP contribution in [-0.2, 0) is 4.74 Å². The van der Waals surface area contributed by atoms with E-state index in [2.05, 4.69) is 46.2 Å². The molecule has 2 atom stereocenters. The van der Waals surface area contributed by atoms with Gasteiger partial charge in [-0.1, -0.05) is 6.92 Å². The molecule has 0 amide bonds. The second-order valence-electron chi connectivity index (χ2n) is 7.03. The van der Waals surface area contributed by atoms with Crippen LogP contribution in [0.2, 0.25) is 0 Å². The molecular formula is C17H35N5O. The van der Waals surface area contributed by atoms with E-state index in [-0.39, 0.29) is 5.60 Å². The van der Waals surface area contributed by atoms with Gasteiger partial charge in [-0.25, -0.2) is 0 Å². The maximum Gasteiger partial charge on any atom is 0.191 e. The Morgan fingerprint density at radius 1 is 1.26 bits per heavy atom. The third kappa shape index (κ3) is 5.62. The summed E-state index contributed by atoms with van der Waals surface area (Å²) in [6, 6.07) is 0.519. The third-order valence-electron chi connectivity index (χ3n) is 5.20. The van der Waals surface area contributed by atoms with Gasteiger partial charge in [-0.3, -0.25) is 9.89 Å². The molecule has 2 saturated heterocycles. The summed E-state index contributed by atoms with van der Waals surface area (Å²) in [7, 11) is 1.83. The zero-order chi connectivity index (χ0) is 16.7. The first-order valence-electron chi connectivity index (χ1n) is 9.11. The van der Waals surface area contributed by atoms with Crippen molar-refractivity contribution in [2.75, 3.05) is 59.5 Å². The Hall–Kier alpha value is -0.850. The maximum absolute atomic E-state index is 5.82. The van der Waals surface area contributed by atoms with Crippen LogP contribution in [0.25, 0.3) is 0 Å². The normalized spacial score (nSPS) is 28.8. The van der Waals surface area contributed by atoms with Crippen molar-refractivity contribution in [1.29, 1.82) is 0 Å². The number of piperazine rings is 1. The molecule has 134 valence electrons. The molecule has 0 aromatic rings. The average Bonchev–Trinajstić information content (AvgIpc) is 3.01. The molecule has 0 saturated carbocycles. The molecule has 23 heavy (non-hydrogen) atoms. The predicted molar refractivity (Wildman–Crippen MR) is 96.1 cm³/mol. The predicted octanol–water partition coefficient (Wildman–Crippen LogP) is 0.747. The van der Waals surface area contributed by atoms with Gasteiger partial charge in [-0.2, -0.15) is 0 Å². The Kier molecular flexibility index (Phi) is 7.11. The number of rotatable bonds is 6. The number of aliphatic imine (C=N–C) groups is 1. The molecule has 2 heterocycles. The monoisotopic (exact) mass is 325 g/mol. The van der Waals surface area contributed by atoms with E-state index in [0.29, 0.717) is 6.04 Å². The molecular weight excluding hydrogens is 290 g/mol. The molecule has 2 aliphatic heterocycles. The fraction of sp³-hybridized carbons (Fsp3) is 0.941. The van der Waals surface area contributed by atoms with Crippen molar-refractivity contribution in [3.05, 3.63) is 0 Å². The summed E-state index contributed by atoms with van der Waals surface area (Å²) in [5.41, 5.74) is -0.0419. The number of hydrogen-bond donors (Lipinski definition) is 2. The highest BCUT2D eigenvalue weighted by Crippen LogP contribution is 2.23. The Balaban J connectivity index is 1.68. The van der Waals surface area contributed by atoms with Gasteiger partial charge >= 0.3 is 0 Å². The molecule has 2 aliphatic rings. The minimum absolute atomic E-state index is 0.0419. The standard InChI is InChI=1S/C17H35N5O/c1-5-21-8-10-22(11-9-21)15(2)13-19-16(18-4)20-14-17(3)7-6-12-23-17/h15H,5-14H2,1-4H3,(H2,18,19,20). The SMILES string of the molecule is CCN1CCN(C(C)CNC(=NC)NCC2(C)CCCO2)CC1. The number of ether oxygens (including phenoxy) is 1. The van der Waals surface area contributed by atoms with Crippen LogP contribution in [0, 0.1) is 0 Å². The second-order valence-corrected chi connectivity index (χ2v) is 7.03. The van der Waals surface area contributed by atoms with Gasteiger partial charge in [0.05, 0.1) is 5.60 Å². The van der Waals surface area contributed by atoms with Crippen molar-refractivity contribution in [1.82, 2.24) is 20.4 Å². The molecule has 2 fully saturated rings. The van der Waals surface area contributed by atoms with E-state index in [1.54, 1.807) is 0 Å². The maximum atomic E-state index is 5.82. The summed E-state index contributed by atoms with van der Waals surface area (Å²) in [6.45, 7) is 15.2. The Morgan fingerprint density at radius 2 is 2.00 bits per heavy atom. The zero-order valence-corrected chi connectivity index (χ0v) is 15.4. The fourth-order valence-corrected chi connectivity index (χ4v) is 3.36. The number of nitrogens with zero attached hydrogens (tertiary/aromatic N) is 3. The lowest BCUT2D eigenvalue weighted by Gasteiger charge is -2.37. The summed E-state index contributed by atoms with van der Waals surface area (Å²) in [6.07, 6.45) is 2.28. The van der Waals surface area contributed by atoms with E-state index < -0.39 is 0 Å². The number of nitrogens with one attached hydrogen (secondary N) is 2. The van der Waals surface area contributed by atoms with Crippen molar-refractivity contribution in [2.45, 2.75) is 45.3 Å². The fourth-order valence-electron chi connectivity index (χ4n) is 3.36. The van der Waals surface area contributed by atoms with Crippen molar-refractivity contribution in [3.63, 3.8) is 0 Å². The topological polar surface area (TPSA) is 52.1 Å². The van der Waals surface area contributed by atoms with E-state index in [0.717, 1.165) is 58.1 Å². The van der Waals surface area contributed by atoms with Gasteiger partial charge in [0, 0.05) is 59.0 Å². The van der Waals surface area contributed by atoms with Crippen LogP contribution >= 0.6 is 0 Å². The molecule has 6 nitrogen and oxygen atoms in total. The summed E-state index contributed by atoms with van der Waals surface area (Å²) in [5, 5.41) is 6.87. The molecule has 6 heteroatoms. The van der Waals surface area contributed by atoms with E-state index in [4.69, 9.17) is 4.74 Å². The molecule has 2 unspecified atom stereocenters. The van der Waals surface area contributed by atoms with Gasteiger partial charge < -0.3 is 20.3 Å². The second kappa shape index (κ2) is 8.85. The smallest absolute Gasteiger partial charge is 0.191 e. The van der Waals surface area contributed by atoms with E-state index >= 15 is 0 Å². The van der Waals surface area contributed by atoms with Crippen LogP contribution < -0.4 is 10.6 Å². The van der Waals surface area contributed by atoms with Crippen molar-refractivity contribution < 1.29 is 4.74 Å². The van der Waals surface area contributed by atoms with Crippen molar-refractivity contribution in [3.8, 4) is 0 Å². The molecule has 2 N–H and O–H groups in total. The zero-order valence-electron chi connectivity index (χ0n) is 15.4. The van der Waals surface area contributed by atoms with Gasteiger partial charge in [0.15, 0.2) is 5.96 Å². The lowest BCUT2D eigenvalue weighted by Crippen LogP contribution is -2.53. The summed E-state index contributed by atoms with van der Waals surface area (Å²) in [5.74, 6) is 0.876. The van der Waals surface area contributed by atoms with E-state index in [1.165, 1.54) is 13.1 Å². The molecule has 0 spiro atoms. The van der Waals surface area contributed by atoms with Crippen LogP contribution in [0.15, 0.2) is 4.99 Å². The number of likely N-dealkylation sites (N-methyl/N-ethyl adjacent to an activating group) is 1. The molecule has 0 bridgehead atoms. The molecule has 2 rings (SSSR count). The summed E-state index contributed by atoms with van der Waals surface area (Å²) < 4.78 is 5.82. The molecule has 0 aromatic heterocycles. The third-order valence-corrected chi connectivity index (χ3v) is 5.20. The number of guanidine groups is 1. The van der Waals surface area contributed by atoms with Crippen LogP contribution in [0.4, 0.5) is 0 Å². The minimum atomic E-state index is -0.0419.